The molecule has 5 rings (SSSR count). The molecule has 1 amide bonds. The Hall–Kier alpha value is -3.39. The van der Waals surface area contributed by atoms with Gasteiger partial charge >= 0.3 is 6.09 Å². The minimum absolute atomic E-state index is 0.0317. The maximum atomic E-state index is 12.6. The van der Waals surface area contributed by atoms with Crippen molar-refractivity contribution in [1.82, 2.24) is 19.7 Å². The topological polar surface area (TPSA) is 81.5 Å². The second-order valence-electron chi connectivity index (χ2n) is 10.9. The minimum atomic E-state index is -0.504. The van der Waals surface area contributed by atoms with Gasteiger partial charge in [-0.15, -0.1) is 0 Å². The summed E-state index contributed by atoms with van der Waals surface area (Å²) in [7, 11) is 0. The summed E-state index contributed by atoms with van der Waals surface area (Å²) in [4.78, 5) is 19.1. The number of pyridine rings is 1. The number of aromatic nitrogens is 3. The van der Waals surface area contributed by atoms with Gasteiger partial charge in [0, 0.05) is 49.1 Å². The average Bonchev–Trinajstić information content (AvgIpc) is 3.36. The number of nitrogens with one attached hydrogen (secondary N) is 1. The van der Waals surface area contributed by atoms with Crippen LogP contribution in [0.5, 0.6) is 0 Å². The van der Waals surface area contributed by atoms with Crippen molar-refractivity contribution in [3.05, 3.63) is 54.0 Å². The smallest absolute Gasteiger partial charge is 0.410 e. The summed E-state index contributed by atoms with van der Waals surface area (Å²) in [5, 5.41) is 10.3. The highest BCUT2D eigenvalue weighted by Gasteiger charge is 2.28. The molecule has 2 saturated heterocycles. The Kier molecular flexibility index (Phi) is 7.46. The number of benzene rings is 1. The van der Waals surface area contributed by atoms with Crippen molar-refractivity contribution >= 4 is 34.8 Å². The van der Waals surface area contributed by atoms with E-state index in [9.17, 15) is 4.79 Å². The molecule has 2 atom stereocenters. The van der Waals surface area contributed by atoms with E-state index in [0.29, 0.717) is 13.1 Å². The number of nitrogens with zero attached hydrogens (tertiary/aromatic N) is 4. The van der Waals surface area contributed by atoms with Crippen LogP contribution in [0.15, 0.2) is 42.9 Å². The van der Waals surface area contributed by atoms with E-state index in [1.54, 1.807) is 4.90 Å². The molecule has 0 aliphatic carbocycles. The van der Waals surface area contributed by atoms with Gasteiger partial charge in [-0.3, -0.25) is 0 Å². The van der Waals surface area contributed by atoms with E-state index >= 15 is 0 Å². The summed E-state index contributed by atoms with van der Waals surface area (Å²) in [6, 6.07) is 8.41. The molecule has 2 aliphatic rings. The van der Waals surface area contributed by atoms with Crippen LogP contribution in [0.4, 0.5) is 10.6 Å². The first kappa shape index (κ1) is 25.3. The van der Waals surface area contributed by atoms with Crippen LogP contribution in [0.3, 0.4) is 0 Å². The van der Waals surface area contributed by atoms with Crippen molar-refractivity contribution in [3.63, 3.8) is 0 Å². The van der Waals surface area contributed by atoms with Gasteiger partial charge in [-0.05, 0) is 69.9 Å². The van der Waals surface area contributed by atoms with Crippen molar-refractivity contribution in [3.8, 4) is 0 Å². The van der Waals surface area contributed by atoms with E-state index < -0.39 is 5.60 Å². The number of hydrogen-bond acceptors (Lipinski definition) is 6. The highest BCUT2D eigenvalue weighted by atomic mass is 16.6. The summed E-state index contributed by atoms with van der Waals surface area (Å²) in [5.41, 5.74) is 1.61. The number of anilines is 1. The van der Waals surface area contributed by atoms with Gasteiger partial charge in [0.1, 0.15) is 17.6 Å². The Morgan fingerprint density at radius 1 is 1.16 bits per heavy atom. The fourth-order valence-electron chi connectivity index (χ4n) is 5.00. The van der Waals surface area contributed by atoms with Crippen molar-refractivity contribution < 1.29 is 14.3 Å². The summed E-state index contributed by atoms with van der Waals surface area (Å²) < 4.78 is 13.4. The van der Waals surface area contributed by atoms with Crippen LogP contribution in [0.1, 0.15) is 70.2 Å². The van der Waals surface area contributed by atoms with E-state index in [2.05, 4.69) is 40.8 Å². The molecule has 196 valence electrons. The molecule has 1 unspecified atom stereocenters. The van der Waals surface area contributed by atoms with Gasteiger partial charge in [-0.1, -0.05) is 30.4 Å². The zero-order valence-electron chi connectivity index (χ0n) is 22.0. The summed E-state index contributed by atoms with van der Waals surface area (Å²) in [5.74, 6) is 0.833. The second kappa shape index (κ2) is 10.9. The number of hydrogen-bond donors (Lipinski definition) is 1. The quantitative estimate of drug-likeness (QED) is 0.452. The first-order valence-electron chi connectivity index (χ1n) is 13.3. The summed E-state index contributed by atoms with van der Waals surface area (Å²) >= 11 is 0. The van der Waals surface area contributed by atoms with Crippen molar-refractivity contribution in [2.24, 2.45) is 0 Å². The number of carbonyl (C=O) groups excluding carboxylic acids is 1. The molecule has 3 aromatic rings. The zero-order valence-corrected chi connectivity index (χ0v) is 22.0. The largest absolute Gasteiger partial charge is 0.444 e. The number of ether oxygens (including phenoxy) is 2. The van der Waals surface area contributed by atoms with Gasteiger partial charge in [0.05, 0.1) is 6.20 Å². The molecule has 4 heterocycles. The average molecular weight is 504 g/mol. The third-order valence-electron chi connectivity index (χ3n) is 6.76. The summed E-state index contributed by atoms with van der Waals surface area (Å²) in [6.07, 6.45) is 14.9. The number of carbonyl (C=O) groups is 1. The van der Waals surface area contributed by atoms with E-state index in [0.717, 1.165) is 60.0 Å². The van der Waals surface area contributed by atoms with E-state index in [4.69, 9.17) is 14.5 Å². The van der Waals surface area contributed by atoms with Crippen molar-refractivity contribution in [2.45, 2.75) is 70.7 Å². The Balaban J connectivity index is 1.34. The number of likely N-dealkylation sites (tertiary alicyclic amines) is 1. The lowest BCUT2D eigenvalue weighted by Gasteiger charge is -2.34. The fourth-order valence-corrected chi connectivity index (χ4v) is 5.00. The highest BCUT2D eigenvalue weighted by molar-refractivity contribution is 5.99. The second-order valence-corrected chi connectivity index (χ2v) is 10.9. The monoisotopic (exact) mass is 503 g/mol. The number of amides is 1. The van der Waals surface area contributed by atoms with Crippen molar-refractivity contribution in [1.29, 1.82) is 0 Å². The molecule has 0 radical (unpaired) electrons. The number of fused-ring (bicyclic) bond motifs is 1. The maximum Gasteiger partial charge on any atom is 0.410 e. The molecule has 0 bridgehead atoms. The van der Waals surface area contributed by atoms with E-state index in [-0.39, 0.29) is 18.4 Å². The molecule has 0 spiro atoms. The van der Waals surface area contributed by atoms with Gasteiger partial charge in [0.15, 0.2) is 0 Å². The first-order chi connectivity index (χ1) is 17.9. The molecule has 37 heavy (non-hydrogen) atoms. The molecule has 2 fully saturated rings. The van der Waals surface area contributed by atoms with Gasteiger partial charge < -0.3 is 19.7 Å². The standard InChI is InChI=1S/C29H37N5O3/c1-29(2,3)37-28(35)33-16-7-10-24(20-33)32-27-26-22(8-6-9-23(26)14-15-30-27)13-12-21-18-31-34(19-21)25-11-4-5-17-36-25/h6,8-9,12-15,18-19,24-25H,4-5,7,10-11,16-17,20H2,1-3H3,(H,30,32)/b13-12+/t24-,25?/m1/s1. The Bertz CT molecular complexity index is 1250. The molecular weight excluding hydrogens is 466 g/mol. The highest BCUT2D eigenvalue weighted by Crippen LogP contribution is 2.29. The number of rotatable bonds is 5. The lowest BCUT2D eigenvalue weighted by Crippen LogP contribution is -2.47. The van der Waals surface area contributed by atoms with Crippen LogP contribution in [0.2, 0.25) is 0 Å². The van der Waals surface area contributed by atoms with Crippen molar-refractivity contribution in [2.75, 3.05) is 25.0 Å². The van der Waals surface area contributed by atoms with Crippen LogP contribution in [0, 0.1) is 0 Å². The normalized spacial score (nSPS) is 20.9. The molecule has 8 heteroatoms. The van der Waals surface area contributed by atoms with Gasteiger partial charge in [-0.2, -0.15) is 5.10 Å². The van der Waals surface area contributed by atoms with Gasteiger partial charge in [0.25, 0.3) is 0 Å². The van der Waals surface area contributed by atoms with Crippen LogP contribution in [0.25, 0.3) is 22.9 Å². The maximum absolute atomic E-state index is 12.6. The lowest BCUT2D eigenvalue weighted by atomic mass is 10.0. The minimum Gasteiger partial charge on any atom is -0.444 e. The van der Waals surface area contributed by atoms with Gasteiger partial charge in [0.2, 0.25) is 0 Å². The molecule has 2 aromatic heterocycles. The molecule has 2 aliphatic heterocycles. The molecule has 1 aromatic carbocycles. The van der Waals surface area contributed by atoms with Crippen LogP contribution >= 0.6 is 0 Å². The first-order valence-corrected chi connectivity index (χ1v) is 13.3. The summed E-state index contributed by atoms with van der Waals surface area (Å²) in [6.45, 7) is 7.79. The predicted molar refractivity (Wildman–Crippen MR) is 146 cm³/mol. The molecule has 1 N–H and O–H groups in total. The fraction of sp³-hybridized carbons (Fsp3) is 0.483. The SMILES string of the molecule is CC(C)(C)OC(=O)N1CCC[C@@H](Nc2nccc3cccc(/C=C/c4cnn(C5CCCCO5)c4)c23)C1. The predicted octanol–water partition coefficient (Wildman–Crippen LogP) is 6.11. The van der Waals surface area contributed by atoms with Crippen LogP contribution < -0.4 is 5.32 Å². The van der Waals surface area contributed by atoms with E-state index in [1.165, 1.54) is 6.42 Å². The third kappa shape index (κ3) is 6.31. The third-order valence-corrected chi connectivity index (χ3v) is 6.76. The Labute approximate surface area is 218 Å². The Morgan fingerprint density at radius 2 is 2.05 bits per heavy atom. The zero-order chi connectivity index (χ0) is 25.8. The molecule has 8 nitrogen and oxygen atoms in total. The molecular formula is C29H37N5O3. The molecule has 0 saturated carbocycles. The Morgan fingerprint density at radius 3 is 2.86 bits per heavy atom. The van der Waals surface area contributed by atoms with E-state index in [1.807, 2.05) is 50.1 Å². The number of piperidine rings is 1. The lowest BCUT2D eigenvalue weighted by molar-refractivity contribution is -0.0394. The van der Waals surface area contributed by atoms with Crippen LogP contribution in [-0.4, -0.2) is 57.1 Å². The van der Waals surface area contributed by atoms with Gasteiger partial charge in [-0.25, -0.2) is 14.5 Å². The van der Waals surface area contributed by atoms with Crippen LogP contribution in [-0.2, 0) is 9.47 Å².